The maximum absolute atomic E-state index is 11.1. The highest BCUT2D eigenvalue weighted by atomic mass is 16.5. The fourth-order valence-corrected chi connectivity index (χ4v) is 1.39. The lowest BCUT2D eigenvalue weighted by molar-refractivity contribution is -0.142. The van der Waals surface area contributed by atoms with Gasteiger partial charge in [-0.25, -0.2) is 0 Å². The fourth-order valence-electron chi connectivity index (χ4n) is 1.39. The number of ether oxygens (including phenoxy) is 1. The molecule has 3 nitrogen and oxygen atoms in total. The van der Waals surface area contributed by atoms with E-state index in [0.717, 1.165) is 16.8 Å². The summed E-state index contributed by atoms with van der Waals surface area (Å²) in [6.45, 7) is 6.23. The molecule has 16 heavy (non-hydrogen) atoms. The number of hydrogen-bond donors (Lipinski definition) is 0. The summed E-state index contributed by atoms with van der Waals surface area (Å²) in [6.07, 6.45) is 5.74. The lowest BCUT2D eigenvalue weighted by Gasteiger charge is -2.00. The Labute approximate surface area is 96.2 Å². The Bertz CT molecular complexity index is 397. The molecule has 0 aromatic carbocycles. The molecule has 0 bridgehead atoms. The zero-order valence-electron chi connectivity index (χ0n) is 9.99. The van der Waals surface area contributed by atoms with Crippen LogP contribution in [0, 0.1) is 13.8 Å². The van der Waals surface area contributed by atoms with Crippen LogP contribution in [0.2, 0.25) is 0 Å². The third-order valence-corrected chi connectivity index (χ3v) is 2.12. The first-order valence-corrected chi connectivity index (χ1v) is 5.39. The van der Waals surface area contributed by atoms with Crippen molar-refractivity contribution in [1.29, 1.82) is 0 Å². The van der Waals surface area contributed by atoms with Gasteiger partial charge in [-0.15, -0.1) is 0 Å². The van der Waals surface area contributed by atoms with E-state index in [4.69, 9.17) is 4.74 Å². The van der Waals surface area contributed by atoms with Crippen LogP contribution < -0.4 is 0 Å². The van der Waals surface area contributed by atoms with Gasteiger partial charge in [-0.2, -0.15) is 0 Å². The number of pyridine rings is 1. The summed E-state index contributed by atoms with van der Waals surface area (Å²) in [5.74, 6) is -0.205. The monoisotopic (exact) mass is 219 g/mol. The predicted molar refractivity (Wildman–Crippen MR) is 64.0 cm³/mol. The molecule has 0 amide bonds. The average molecular weight is 219 g/mol. The van der Waals surface area contributed by atoms with Crippen LogP contribution in [0.5, 0.6) is 0 Å². The number of aryl methyl sites for hydroxylation is 2. The van der Waals surface area contributed by atoms with Crippen molar-refractivity contribution in [3.05, 3.63) is 35.2 Å². The van der Waals surface area contributed by atoms with Gasteiger partial charge in [-0.05, 0) is 38.0 Å². The van der Waals surface area contributed by atoms with Gasteiger partial charge in [0.25, 0.3) is 0 Å². The second-order valence-corrected chi connectivity index (χ2v) is 3.63. The molecule has 86 valence electrons. The van der Waals surface area contributed by atoms with Crippen molar-refractivity contribution in [3.8, 4) is 0 Å². The first-order chi connectivity index (χ1) is 7.63. The van der Waals surface area contributed by atoms with E-state index in [1.54, 1.807) is 13.0 Å². The molecule has 3 heteroatoms. The van der Waals surface area contributed by atoms with Crippen LogP contribution in [-0.2, 0) is 9.53 Å². The molecule has 0 aliphatic carbocycles. The van der Waals surface area contributed by atoms with Gasteiger partial charge in [0.2, 0.25) is 0 Å². The topological polar surface area (TPSA) is 39.2 Å². The van der Waals surface area contributed by atoms with E-state index in [-0.39, 0.29) is 5.97 Å². The van der Waals surface area contributed by atoms with E-state index in [9.17, 15) is 4.79 Å². The Balaban J connectivity index is 2.59. The van der Waals surface area contributed by atoms with Gasteiger partial charge in [0.15, 0.2) is 0 Å². The number of carbonyl (C=O) groups is 1. The summed E-state index contributed by atoms with van der Waals surface area (Å²) >= 11 is 0. The molecule has 0 spiro atoms. The molecule has 0 radical (unpaired) electrons. The van der Waals surface area contributed by atoms with E-state index in [2.05, 4.69) is 11.1 Å². The molecule has 0 saturated heterocycles. The van der Waals surface area contributed by atoms with Crippen LogP contribution in [-0.4, -0.2) is 17.6 Å². The molecule has 0 aliphatic heterocycles. The summed E-state index contributed by atoms with van der Waals surface area (Å²) in [5, 5.41) is 0. The predicted octanol–water partition coefficient (Wildman–Crippen LogP) is 2.66. The highest BCUT2D eigenvalue weighted by Gasteiger charge is 1.98. The molecule has 1 aromatic rings. The van der Waals surface area contributed by atoms with Crippen molar-refractivity contribution in [3.63, 3.8) is 0 Å². The summed E-state index contributed by atoms with van der Waals surface area (Å²) in [5.41, 5.74) is 3.15. The van der Waals surface area contributed by atoms with Crippen molar-refractivity contribution in [2.45, 2.75) is 27.2 Å². The number of hydrogen-bond acceptors (Lipinski definition) is 3. The molecule has 0 N–H and O–H groups in total. The average Bonchev–Trinajstić information content (AvgIpc) is 2.22. The summed E-state index contributed by atoms with van der Waals surface area (Å²) in [7, 11) is 0. The normalized spacial score (nSPS) is 10.7. The van der Waals surface area contributed by atoms with Crippen molar-refractivity contribution in [1.82, 2.24) is 4.98 Å². The Morgan fingerprint density at radius 3 is 2.88 bits per heavy atom. The maximum atomic E-state index is 11.1. The zero-order valence-corrected chi connectivity index (χ0v) is 9.99. The third-order valence-electron chi connectivity index (χ3n) is 2.12. The molecule has 1 rings (SSSR count). The molecule has 0 saturated carbocycles. The Morgan fingerprint density at radius 2 is 2.25 bits per heavy atom. The third kappa shape index (κ3) is 3.85. The van der Waals surface area contributed by atoms with Crippen molar-refractivity contribution in [2.75, 3.05) is 6.61 Å². The number of rotatable bonds is 4. The number of esters is 1. The summed E-state index contributed by atoms with van der Waals surface area (Å²) in [6, 6.07) is 2.07. The molecule has 0 fully saturated rings. The second kappa shape index (κ2) is 6.05. The van der Waals surface area contributed by atoms with E-state index in [1.165, 1.54) is 0 Å². The Hall–Kier alpha value is -1.64. The van der Waals surface area contributed by atoms with Gasteiger partial charge in [-0.3, -0.25) is 9.78 Å². The van der Waals surface area contributed by atoms with Crippen LogP contribution in [0.15, 0.2) is 18.3 Å². The highest BCUT2D eigenvalue weighted by Crippen LogP contribution is 2.09. The molecule has 1 aromatic heterocycles. The molecular formula is C13H17NO2. The molecule has 0 atom stereocenters. The lowest BCUT2D eigenvalue weighted by atomic mass is 10.1. The fraction of sp³-hybridized carbons (Fsp3) is 0.385. The Kier molecular flexibility index (Phi) is 4.70. The Morgan fingerprint density at radius 1 is 1.50 bits per heavy atom. The largest absolute Gasteiger partial charge is 0.466 e. The van der Waals surface area contributed by atoms with Gasteiger partial charge >= 0.3 is 5.97 Å². The standard InChI is InChI=1S/C13H17NO2/c1-4-16-13(15)7-5-6-12-11(3)8-10(2)9-14-12/h5-6,8-9H,4,7H2,1-3H3. The van der Waals surface area contributed by atoms with Crippen molar-refractivity contribution >= 4 is 12.0 Å². The van der Waals surface area contributed by atoms with Crippen LogP contribution in [0.4, 0.5) is 0 Å². The summed E-state index contributed by atoms with van der Waals surface area (Å²) in [4.78, 5) is 15.4. The first kappa shape index (κ1) is 12.4. The highest BCUT2D eigenvalue weighted by molar-refractivity contribution is 5.72. The van der Waals surface area contributed by atoms with Gasteiger partial charge in [0.1, 0.15) is 0 Å². The number of nitrogens with zero attached hydrogens (tertiary/aromatic N) is 1. The smallest absolute Gasteiger partial charge is 0.309 e. The second-order valence-electron chi connectivity index (χ2n) is 3.63. The van der Waals surface area contributed by atoms with Crippen molar-refractivity contribution < 1.29 is 9.53 Å². The van der Waals surface area contributed by atoms with Crippen LogP contribution in [0.1, 0.15) is 30.2 Å². The molecule has 0 aliphatic rings. The quantitative estimate of drug-likeness (QED) is 0.731. The van der Waals surface area contributed by atoms with Crippen LogP contribution in [0.3, 0.4) is 0 Å². The van der Waals surface area contributed by atoms with Crippen LogP contribution >= 0.6 is 0 Å². The first-order valence-electron chi connectivity index (χ1n) is 5.39. The van der Waals surface area contributed by atoms with Gasteiger partial charge in [0.05, 0.1) is 18.7 Å². The van der Waals surface area contributed by atoms with Gasteiger partial charge < -0.3 is 4.74 Å². The minimum absolute atomic E-state index is 0.205. The van der Waals surface area contributed by atoms with E-state index in [0.29, 0.717) is 13.0 Å². The molecular weight excluding hydrogens is 202 g/mol. The minimum atomic E-state index is -0.205. The lowest BCUT2D eigenvalue weighted by Crippen LogP contribution is -2.01. The number of aromatic nitrogens is 1. The molecule has 0 unspecified atom stereocenters. The molecule has 1 heterocycles. The SMILES string of the molecule is CCOC(=O)CC=Cc1ncc(C)cc1C. The maximum Gasteiger partial charge on any atom is 0.309 e. The van der Waals surface area contributed by atoms with Crippen molar-refractivity contribution in [2.24, 2.45) is 0 Å². The minimum Gasteiger partial charge on any atom is -0.466 e. The van der Waals surface area contributed by atoms with E-state index in [1.807, 2.05) is 26.1 Å². The van der Waals surface area contributed by atoms with Crippen LogP contribution in [0.25, 0.3) is 6.08 Å². The van der Waals surface area contributed by atoms with E-state index >= 15 is 0 Å². The van der Waals surface area contributed by atoms with Gasteiger partial charge in [0, 0.05) is 6.20 Å². The summed E-state index contributed by atoms with van der Waals surface area (Å²) < 4.78 is 4.82. The van der Waals surface area contributed by atoms with Gasteiger partial charge in [-0.1, -0.05) is 12.1 Å². The van der Waals surface area contributed by atoms with E-state index < -0.39 is 0 Å². The number of carbonyl (C=O) groups excluding carboxylic acids is 1. The zero-order chi connectivity index (χ0) is 12.0.